The number of rotatable bonds is 5. The minimum atomic E-state index is -0.570. The first kappa shape index (κ1) is 18.4. The first-order chi connectivity index (χ1) is 12.9. The molecule has 3 rings (SSSR count). The van der Waals surface area contributed by atoms with Gasteiger partial charge >= 0.3 is 0 Å². The number of carbonyl (C=O) groups is 1. The molecule has 2 aromatic carbocycles. The van der Waals surface area contributed by atoms with E-state index in [4.69, 9.17) is 21.1 Å². The van der Waals surface area contributed by atoms with Crippen LogP contribution in [0.2, 0.25) is 5.02 Å². The third kappa shape index (κ3) is 3.90. The fraction of sp³-hybridized carbons (Fsp3) is 0.111. The van der Waals surface area contributed by atoms with Crippen LogP contribution in [-0.4, -0.2) is 22.9 Å². The van der Waals surface area contributed by atoms with Gasteiger partial charge < -0.3 is 14.8 Å². The summed E-state index contributed by atoms with van der Waals surface area (Å²) in [5.74, 6) is 0.982. The molecular weight excluding hydrogens is 374 g/mol. The lowest BCUT2D eigenvalue weighted by atomic mass is 10.1. The largest absolute Gasteiger partial charge is 0.494 e. The number of nitro benzene ring substituents is 1. The molecule has 1 heterocycles. The topological polar surface area (TPSA) is 104 Å². The van der Waals surface area contributed by atoms with Gasteiger partial charge in [-0.1, -0.05) is 11.6 Å². The van der Waals surface area contributed by atoms with Crippen molar-refractivity contribution < 1.29 is 19.2 Å². The Labute approximate surface area is 158 Å². The Bertz CT molecular complexity index is 1050. The first-order valence-electron chi connectivity index (χ1n) is 7.75. The van der Waals surface area contributed by atoms with Crippen LogP contribution >= 0.6 is 11.6 Å². The van der Waals surface area contributed by atoms with Gasteiger partial charge in [0.1, 0.15) is 22.3 Å². The zero-order chi connectivity index (χ0) is 19.6. The Morgan fingerprint density at radius 2 is 2.00 bits per heavy atom. The molecule has 0 radical (unpaired) electrons. The third-order valence-corrected chi connectivity index (χ3v) is 3.98. The van der Waals surface area contributed by atoms with Gasteiger partial charge in [0.25, 0.3) is 5.69 Å². The Morgan fingerprint density at radius 3 is 2.63 bits per heavy atom. The van der Waals surface area contributed by atoms with E-state index in [0.717, 1.165) is 0 Å². The Balaban J connectivity index is 2.05. The lowest BCUT2D eigenvalue weighted by molar-refractivity contribution is -0.384. The SMILES string of the molecule is COc1cc2nccc(Oc3ccc([N+](=O)[O-])c(Cl)c3)c2cc1NC(C)=O. The zero-order valence-electron chi connectivity index (χ0n) is 14.4. The Morgan fingerprint density at radius 1 is 1.22 bits per heavy atom. The van der Waals surface area contributed by atoms with Gasteiger partial charge in [0.05, 0.1) is 23.2 Å². The number of aromatic nitrogens is 1. The van der Waals surface area contributed by atoms with Gasteiger partial charge in [-0.2, -0.15) is 0 Å². The van der Waals surface area contributed by atoms with Gasteiger partial charge in [0.15, 0.2) is 0 Å². The van der Waals surface area contributed by atoms with E-state index in [0.29, 0.717) is 33.8 Å². The number of benzene rings is 2. The summed E-state index contributed by atoms with van der Waals surface area (Å²) < 4.78 is 11.1. The van der Waals surface area contributed by atoms with Crippen molar-refractivity contribution in [3.8, 4) is 17.2 Å². The zero-order valence-corrected chi connectivity index (χ0v) is 15.1. The number of carbonyl (C=O) groups excluding carboxylic acids is 1. The van der Waals surface area contributed by atoms with Gasteiger partial charge in [0.2, 0.25) is 5.91 Å². The molecule has 0 saturated carbocycles. The summed E-state index contributed by atoms with van der Waals surface area (Å²) in [5, 5.41) is 14.2. The van der Waals surface area contributed by atoms with Crippen molar-refractivity contribution >= 4 is 39.8 Å². The fourth-order valence-corrected chi connectivity index (χ4v) is 2.76. The van der Waals surface area contributed by atoms with Crippen LogP contribution in [0.25, 0.3) is 10.9 Å². The standard InChI is InChI=1S/C18H14ClN3O5/c1-10(23)21-15-8-12-14(9-18(15)26-2)20-6-5-17(12)27-11-3-4-16(22(24)25)13(19)7-11/h3-9H,1-2H3,(H,21,23). The molecule has 0 saturated heterocycles. The number of halogens is 1. The number of pyridine rings is 1. The predicted molar refractivity (Wildman–Crippen MR) is 101 cm³/mol. The molecular formula is C18H14ClN3O5. The van der Waals surface area contributed by atoms with Crippen molar-refractivity contribution in [3.63, 3.8) is 0 Å². The maximum Gasteiger partial charge on any atom is 0.288 e. The molecule has 1 amide bonds. The number of fused-ring (bicyclic) bond motifs is 1. The molecule has 0 fully saturated rings. The number of amides is 1. The maximum atomic E-state index is 11.4. The first-order valence-corrected chi connectivity index (χ1v) is 8.13. The van der Waals surface area contributed by atoms with Crippen LogP contribution in [0.1, 0.15) is 6.92 Å². The highest BCUT2D eigenvalue weighted by Gasteiger charge is 2.15. The number of hydrogen-bond donors (Lipinski definition) is 1. The van der Waals surface area contributed by atoms with Gasteiger partial charge in [-0.3, -0.25) is 19.9 Å². The van der Waals surface area contributed by atoms with Crippen LogP contribution < -0.4 is 14.8 Å². The summed E-state index contributed by atoms with van der Waals surface area (Å²) in [4.78, 5) is 26.0. The maximum absolute atomic E-state index is 11.4. The number of nitro groups is 1. The van der Waals surface area contributed by atoms with E-state index in [-0.39, 0.29) is 16.6 Å². The summed E-state index contributed by atoms with van der Waals surface area (Å²) >= 11 is 5.93. The average molecular weight is 388 g/mol. The van der Waals surface area contributed by atoms with Crippen molar-refractivity contribution in [1.82, 2.24) is 4.98 Å². The van der Waals surface area contributed by atoms with Crippen molar-refractivity contribution in [1.29, 1.82) is 0 Å². The molecule has 0 bridgehead atoms. The summed E-state index contributed by atoms with van der Waals surface area (Å²) in [5.41, 5.74) is 0.852. The molecule has 0 aliphatic carbocycles. The molecule has 0 unspecified atom stereocenters. The smallest absolute Gasteiger partial charge is 0.288 e. The molecule has 0 spiro atoms. The highest BCUT2D eigenvalue weighted by Crippen LogP contribution is 2.37. The molecule has 27 heavy (non-hydrogen) atoms. The summed E-state index contributed by atoms with van der Waals surface area (Å²) in [6.45, 7) is 1.39. The van der Waals surface area contributed by atoms with Crippen molar-refractivity contribution in [2.45, 2.75) is 6.92 Å². The molecule has 8 nitrogen and oxygen atoms in total. The highest BCUT2D eigenvalue weighted by molar-refractivity contribution is 6.32. The minimum absolute atomic E-state index is 0.0310. The number of ether oxygens (including phenoxy) is 2. The second-order valence-corrected chi connectivity index (χ2v) is 5.94. The molecule has 1 N–H and O–H groups in total. The number of anilines is 1. The van der Waals surface area contributed by atoms with Gasteiger partial charge in [-0.25, -0.2) is 0 Å². The van der Waals surface area contributed by atoms with Crippen LogP contribution in [0.15, 0.2) is 42.6 Å². The van der Waals surface area contributed by atoms with Crippen molar-refractivity contribution in [2.75, 3.05) is 12.4 Å². The summed E-state index contributed by atoms with van der Waals surface area (Å²) in [6, 6.07) is 9.09. The van der Waals surface area contributed by atoms with Crippen molar-refractivity contribution in [2.24, 2.45) is 0 Å². The third-order valence-electron chi connectivity index (χ3n) is 3.68. The van der Waals surface area contributed by atoms with E-state index in [1.165, 1.54) is 32.2 Å². The lowest BCUT2D eigenvalue weighted by Crippen LogP contribution is -2.07. The van der Waals surface area contributed by atoms with Gasteiger partial charge in [-0.15, -0.1) is 0 Å². The molecule has 0 aliphatic rings. The average Bonchev–Trinajstić information content (AvgIpc) is 2.61. The fourth-order valence-electron chi connectivity index (χ4n) is 2.52. The van der Waals surface area contributed by atoms with E-state index in [2.05, 4.69) is 10.3 Å². The quantitative estimate of drug-likeness (QED) is 0.508. The minimum Gasteiger partial charge on any atom is -0.494 e. The normalized spacial score (nSPS) is 10.5. The number of methoxy groups -OCH3 is 1. The van der Waals surface area contributed by atoms with Crippen LogP contribution in [-0.2, 0) is 4.79 Å². The molecule has 138 valence electrons. The predicted octanol–water partition coefficient (Wildman–Crippen LogP) is 4.56. The van der Waals surface area contributed by atoms with Crippen LogP contribution in [0.5, 0.6) is 17.2 Å². The van der Waals surface area contributed by atoms with Gasteiger partial charge in [-0.05, 0) is 18.2 Å². The van der Waals surface area contributed by atoms with Gasteiger partial charge in [0, 0.05) is 36.7 Å². The number of hydrogen-bond acceptors (Lipinski definition) is 6. The van der Waals surface area contributed by atoms with E-state index in [1.54, 1.807) is 24.4 Å². The monoisotopic (exact) mass is 387 g/mol. The molecule has 0 aliphatic heterocycles. The second kappa shape index (κ2) is 7.46. The van der Waals surface area contributed by atoms with Crippen LogP contribution in [0.3, 0.4) is 0 Å². The number of nitrogens with zero attached hydrogens (tertiary/aromatic N) is 2. The van der Waals surface area contributed by atoms with E-state index in [1.807, 2.05) is 0 Å². The van der Waals surface area contributed by atoms with Crippen LogP contribution in [0.4, 0.5) is 11.4 Å². The van der Waals surface area contributed by atoms with E-state index in [9.17, 15) is 14.9 Å². The second-order valence-electron chi connectivity index (χ2n) is 5.53. The molecule has 0 atom stereocenters. The molecule has 3 aromatic rings. The lowest BCUT2D eigenvalue weighted by Gasteiger charge is -2.13. The molecule has 1 aromatic heterocycles. The molecule has 9 heteroatoms. The summed E-state index contributed by atoms with van der Waals surface area (Å²) in [6.07, 6.45) is 1.56. The Hall–Kier alpha value is -3.39. The summed E-state index contributed by atoms with van der Waals surface area (Å²) in [7, 11) is 1.49. The van der Waals surface area contributed by atoms with Crippen LogP contribution in [0, 0.1) is 10.1 Å². The van der Waals surface area contributed by atoms with E-state index >= 15 is 0 Å². The highest BCUT2D eigenvalue weighted by atomic mass is 35.5. The van der Waals surface area contributed by atoms with E-state index < -0.39 is 4.92 Å². The Kier molecular flexibility index (Phi) is 5.09. The van der Waals surface area contributed by atoms with Crippen molar-refractivity contribution in [3.05, 3.63) is 57.7 Å². The number of nitrogens with one attached hydrogen (secondary N) is 1.